The quantitative estimate of drug-likeness (QED) is 0.797. The summed E-state index contributed by atoms with van der Waals surface area (Å²) < 4.78 is 0. The van der Waals surface area contributed by atoms with E-state index in [2.05, 4.69) is 43.7 Å². The van der Waals surface area contributed by atoms with Crippen molar-refractivity contribution in [3.63, 3.8) is 0 Å². The van der Waals surface area contributed by atoms with E-state index < -0.39 is 0 Å². The van der Waals surface area contributed by atoms with Crippen LogP contribution in [0.25, 0.3) is 0 Å². The average molecular weight is 331 g/mol. The van der Waals surface area contributed by atoms with Crippen molar-refractivity contribution in [3.8, 4) is 0 Å². The molecular weight excluding hydrogens is 316 g/mol. The Morgan fingerprint density at radius 1 is 1.27 bits per heavy atom. The minimum Gasteiger partial charge on any atom is -0.284 e. The van der Waals surface area contributed by atoms with E-state index in [0.717, 1.165) is 30.4 Å². The summed E-state index contributed by atoms with van der Waals surface area (Å²) in [6, 6.07) is 10.7. The molecule has 0 bridgehead atoms. The molecule has 0 saturated heterocycles. The van der Waals surface area contributed by atoms with Gasteiger partial charge in [-0.25, -0.2) is 4.98 Å². The molecule has 0 radical (unpaired) electrons. The summed E-state index contributed by atoms with van der Waals surface area (Å²) in [5, 5.41) is 9.87. The third-order valence-corrected chi connectivity index (χ3v) is 5.32. The van der Waals surface area contributed by atoms with Crippen molar-refractivity contribution < 1.29 is 0 Å². The third kappa shape index (κ3) is 2.56. The van der Waals surface area contributed by atoms with Gasteiger partial charge in [-0.05, 0) is 41.1 Å². The minimum atomic E-state index is 0.248. The number of hydrogen-bond acceptors (Lipinski definition) is 4. The van der Waals surface area contributed by atoms with Crippen LogP contribution >= 0.6 is 22.9 Å². The van der Waals surface area contributed by atoms with Gasteiger partial charge in [0.05, 0.1) is 12.6 Å². The van der Waals surface area contributed by atoms with Crippen LogP contribution in [0.5, 0.6) is 0 Å². The van der Waals surface area contributed by atoms with Gasteiger partial charge in [0.1, 0.15) is 12.2 Å². The van der Waals surface area contributed by atoms with E-state index in [0.29, 0.717) is 0 Å². The van der Waals surface area contributed by atoms with Gasteiger partial charge in [-0.15, -0.1) is 11.3 Å². The molecule has 0 aliphatic carbocycles. The predicted octanol–water partition coefficient (Wildman–Crippen LogP) is 3.67. The second kappa shape index (κ2) is 5.83. The van der Waals surface area contributed by atoms with Crippen molar-refractivity contribution in [2.24, 2.45) is 0 Å². The zero-order valence-corrected chi connectivity index (χ0v) is 13.4. The van der Waals surface area contributed by atoms with E-state index in [9.17, 15) is 0 Å². The maximum atomic E-state index is 6.05. The SMILES string of the molecule is Clc1ccc(C2c3ccsc3CCN2Cc2ncn[nH]2)cc1. The number of benzene rings is 1. The van der Waals surface area contributed by atoms with E-state index in [-0.39, 0.29) is 6.04 Å². The van der Waals surface area contributed by atoms with E-state index in [1.807, 2.05) is 23.5 Å². The van der Waals surface area contributed by atoms with E-state index in [1.54, 1.807) is 6.33 Å². The van der Waals surface area contributed by atoms with Crippen LogP contribution in [0.3, 0.4) is 0 Å². The van der Waals surface area contributed by atoms with Crippen molar-refractivity contribution in [2.75, 3.05) is 6.54 Å². The summed E-state index contributed by atoms with van der Waals surface area (Å²) in [5.41, 5.74) is 2.67. The lowest BCUT2D eigenvalue weighted by atomic mass is 9.93. The fourth-order valence-corrected chi connectivity index (χ4v) is 4.10. The smallest absolute Gasteiger partial charge is 0.138 e. The molecule has 1 N–H and O–H groups in total. The fourth-order valence-electron chi connectivity index (χ4n) is 3.07. The van der Waals surface area contributed by atoms with Crippen LogP contribution in [-0.4, -0.2) is 26.6 Å². The zero-order chi connectivity index (χ0) is 14.9. The molecule has 2 aromatic heterocycles. The van der Waals surface area contributed by atoms with Crippen molar-refractivity contribution >= 4 is 22.9 Å². The van der Waals surface area contributed by atoms with Gasteiger partial charge in [0, 0.05) is 16.4 Å². The summed E-state index contributed by atoms with van der Waals surface area (Å²) >= 11 is 7.89. The maximum absolute atomic E-state index is 6.05. The molecule has 1 aliphatic heterocycles. The number of rotatable bonds is 3. The van der Waals surface area contributed by atoms with Crippen LogP contribution < -0.4 is 0 Å². The van der Waals surface area contributed by atoms with Crippen LogP contribution in [-0.2, 0) is 13.0 Å². The monoisotopic (exact) mass is 330 g/mol. The number of nitrogens with zero attached hydrogens (tertiary/aromatic N) is 3. The van der Waals surface area contributed by atoms with Gasteiger partial charge in [-0.1, -0.05) is 23.7 Å². The first-order valence-corrected chi connectivity index (χ1v) is 8.47. The molecule has 4 rings (SSSR count). The highest BCUT2D eigenvalue weighted by Crippen LogP contribution is 2.38. The highest BCUT2D eigenvalue weighted by Gasteiger charge is 2.30. The second-order valence-corrected chi connectivity index (χ2v) is 6.84. The van der Waals surface area contributed by atoms with E-state index in [4.69, 9.17) is 11.6 Å². The lowest BCUT2D eigenvalue weighted by Crippen LogP contribution is -2.35. The lowest BCUT2D eigenvalue weighted by molar-refractivity contribution is 0.201. The summed E-state index contributed by atoms with van der Waals surface area (Å²) in [6.45, 7) is 1.78. The molecule has 1 atom stereocenters. The van der Waals surface area contributed by atoms with Gasteiger partial charge in [0.15, 0.2) is 0 Å². The summed E-state index contributed by atoms with van der Waals surface area (Å²) in [5.74, 6) is 0.901. The summed E-state index contributed by atoms with van der Waals surface area (Å²) in [7, 11) is 0. The number of aromatic nitrogens is 3. The topological polar surface area (TPSA) is 44.8 Å². The largest absolute Gasteiger partial charge is 0.284 e. The molecule has 1 aromatic carbocycles. The van der Waals surface area contributed by atoms with Gasteiger partial charge >= 0.3 is 0 Å². The fraction of sp³-hybridized carbons (Fsp3) is 0.250. The molecule has 3 aromatic rings. The van der Waals surface area contributed by atoms with Crippen LogP contribution in [0.1, 0.15) is 27.9 Å². The molecule has 1 unspecified atom stereocenters. The minimum absolute atomic E-state index is 0.248. The number of hydrogen-bond donors (Lipinski definition) is 1. The van der Waals surface area contributed by atoms with E-state index >= 15 is 0 Å². The molecule has 3 heterocycles. The molecule has 112 valence electrons. The Bertz CT molecular complexity index is 751. The maximum Gasteiger partial charge on any atom is 0.138 e. The summed E-state index contributed by atoms with van der Waals surface area (Å²) in [4.78, 5) is 8.19. The number of fused-ring (bicyclic) bond motifs is 1. The molecule has 0 amide bonds. The first kappa shape index (κ1) is 13.9. The van der Waals surface area contributed by atoms with Crippen molar-refractivity contribution in [1.29, 1.82) is 0 Å². The predicted molar refractivity (Wildman–Crippen MR) is 88.1 cm³/mol. The zero-order valence-electron chi connectivity index (χ0n) is 11.9. The summed E-state index contributed by atoms with van der Waals surface area (Å²) in [6.07, 6.45) is 2.65. The Kier molecular flexibility index (Phi) is 3.70. The third-order valence-electron chi connectivity index (χ3n) is 4.07. The number of halogens is 1. The number of thiophene rings is 1. The molecular formula is C16H15ClN4S. The van der Waals surface area contributed by atoms with Gasteiger partial charge in [0.25, 0.3) is 0 Å². The second-order valence-electron chi connectivity index (χ2n) is 5.41. The Hall–Kier alpha value is -1.69. The first-order chi connectivity index (χ1) is 10.8. The Labute approximate surface area is 137 Å². The standard InChI is InChI=1S/C16H15ClN4S/c17-12-3-1-11(2-4-12)16-13-6-8-22-14(13)5-7-21(16)9-15-18-10-19-20-15/h1-4,6,8,10,16H,5,7,9H2,(H,18,19,20). The van der Waals surface area contributed by atoms with Gasteiger partial charge in [-0.3, -0.25) is 10.00 Å². The van der Waals surface area contributed by atoms with Crippen molar-refractivity contribution in [3.05, 3.63) is 68.9 Å². The van der Waals surface area contributed by atoms with Crippen LogP contribution in [0.2, 0.25) is 5.02 Å². The first-order valence-electron chi connectivity index (χ1n) is 7.21. The molecule has 0 saturated carbocycles. The highest BCUT2D eigenvalue weighted by molar-refractivity contribution is 7.10. The highest BCUT2D eigenvalue weighted by atomic mass is 35.5. The number of H-pyrrole nitrogens is 1. The molecule has 6 heteroatoms. The van der Waals surface area contributed by atoms with E-state index in [1.165, 1.54) is 16.0 Å². The van der Waals surface area contributed by atoms with Crippen LogP contribution in [0.15, 0.2) is 42.0 Å². The molecule has 0 spiro atoms. The van der Waals surface area contributed by atoms with Crippen molar-refractivity contribution in [2.45, 2.75) is 19.0 Å². The van der Waals surface area contributed by atoms with Crippen molar-refractivity contribution in [1.82, 2.24) is 20.1 Å². The van der Waals surface area contributed by atoms with Gasteiger partial charge < -0.3 is 0 Å². The van der Waals surface area contributed by atoms with Gasteiger partial charge in [-0.2, -0.15) is 5.10 Å². The van der Waals surface area contributed by atoms with Crippen LogP contribution in [0, 0.1) is 0 Å². The average Bonchev–Trinajstić information content (AvgIpc) is 3.19. The normalized spacial score (nSPS) is 18.3. The molecule has 0 fully saturated rings. The Balaban J connectivity index is 1.72. The Morgan fingerprint density at radius 2 is 2.14 bits per heavy atom. The van der Waals surface area contributed by atoms with Crippen LogP contribution in [0.4, 0.5) is 0 Å². The molecule has 1 aliphatic rings. The molecule has 22 heavy (non-hydrogen) atoms. The number of aromatic amines is 1. The lowest BCUT2D eigenvalue weighted by Gasteiger charge is -2.35. The molecule has 4 nitrogen and oxygen atoms in total. The Morgan fingerprint density at radius 3 is 2.91 bits per heavy atom. The van der Waals surface area contributed by atoms with Gasteiger partial charge in [0.2, 0.25) is 0 Å². The number of nitrogens with one attached hydrogen (secondary N) is 1.